The minimum atomic E-state index is -3.69. The lowest BCUT2D eigenvalue weighted by Crippen LogP contribution is -2.17. The molecule has 0 saturated carbocycles. The quantitative estimate of drug-likeness (QED) is 0.377. The predicted octanol–water partition coefficient (Wildman–Crippen LogP) is 2.51. The van der Waals surface area contributed by atoms with Gasteiger partial charge in [0.2, 0.25) is 0 Å². The van der Waals surface area contributed by atoms with Crippen molar-refractivity contribution >= 4 is 16.3 Å². The van der Waals surface area contributed by atoms with Crippen molar-refractivity contribution in [2.24, 2.45) is 11.1 Å². The Hall–Kier alpha value is -1.44. The van der Waals surface area contributed by atoms with Gasteiger partial charge in [-0.05, 0) is 24.3 Å². The van der Waals surface area contributed by atoms with Crippen molar-refractivity contribution in [3.63, 3.8) is 0 Å². The fourth-order valence-electron chi connectivity index (χ4n) is 1.69. The molecule has 0 fully saturated rings. The maximum Gasteiger partial charge on any atom is 0.293 e. The van der Waals surface area contributed by atoms with Gasteiger partial charge in [-0.2, -0.15) is 8.42 Å². The number of hydrogen-bond acceptors (Lipinski definition) is 6. The largest absolute Gasteiger partial charge is 0.399 e. The van der Waals surface area contributed by atoms with Crippen LogP contribution in [0.4, 0.5) is 0 Å². The van der Waals surface area contributed by atoms with Crippen LogP contribution < -0.4 is 0 Å². The Balaban J connectivity index is 2.28. The van der Waals surface area contributed by atoms with Crippen LogP contribution in [0.15, 0.2) is 35.5 Å². The normalized spacial score (nSPS) is 13.4. The summed E-state index contributed by atoms with van der Waals surface area (Å²) in [4.78, 5) is 9.32. The fraction of sp³-hybridized carbons (Fsp3) is 0.500. The zero-order valence-corrected chi connectivity index (χ0v) is 13.1. The van der Waals surface area contributed by atoms with Gasteiger partial charge in [0, 0.05) is 6.21 Å². The SMILES string of the molecule is CON=CCCC(C)CS(=O)(=O)OOCc1ccccc1. The molecule has 1 rings (SSSR count). The Kier molecular flexibility index (Phi) is 7.96. The zero-order chi connectivity index (χ0) is 15.6. The third-order valence-corrected chi connectivity index (χ3v) is 3.96. The molecule has 0 radical (unpaired) electrons. The van der Waals surface area contributed by atoms with Crippen LogP contribution in [0, 0.1) is 5.92 Å². The predicted molar refractivity (Wildman–Crippen MR) is 80.0 cm³/mol. The third-order valence-electron chi connectivity index (χ3n) is 2.68. The number of rotatable bonds is 10. The summed E-state index contributed by atoms with van der Waals surface area (Å²) in [6.07, 6.45) is 2.93. The summed E-state index contributed by atoms with van der Waals surface area (Å²) < 4.78 is 28.0. The first-order chi connectivity index (χ1) is 10.0. The van der Waals surface area contributed by atoms with E-state index in [1.165, 1.54) is 7.11 Å². The lowest BCUT2D eigenvalue weighted by Gasteiger charge is -2.10. The van der Waals surface area contributed by atoms with Crippen molar-refractivity contribution in [2.75, 3.05) is 12.9 Å². The molecule has 0 aliphatic heterocycles. The molecule has 0 aliphatic carbocycles. The van der Waals surface area contributed by atoms with Gasteiger partial charge >= 0.3 is 0 Å². The van der Waals surface area contributed by atoms with Gasteiger partial charge in [-0.1, -0.05) is 42.4 Å². The molecule has 0 aromatic heterocycles. The van der Waals surface area contributed by atoms with E-state index >= 15 is 0 Å². The molecule has 1 aromatic rings. The van der Waals surface area contributed by atoms with Crippen molar-refractivity contribution in [3.8, 4) is 0 Å². The Bertz CT molecular complexity index is 515. The molecule has 0 saturated heterocycles. The Morgan fingerprint density at radius 2 is 2.00 bits per heavy atom. The summed E-state index contributed by atoms with van der Waals surface area (Å²) >= 11 is 0. The van der Waals surface area contributed by atoms with Crippen molar-refractivity contribution < 1.29 is 22.5 Å². The molecule has 0 aliphatic rings. The molecule has 0 spiro atoms. The number of nitrogens with zero attached hydrogens (tertiary/aromatic N) is 1. The second-order valence-corrected chi connectivity index (χ2v) is 6.28. The highest BCUT2D eigenvalue weighted by Crippen LogP contribution is 2.11. The van der Waals surface area contributed by atoms with Gasteiger partial charge in [-0.15, -0.1) is 4.33 Å². The molecule has 1 unspecified atom stereocenters. The summed E-state index contributed by atoms with van der Waals surface area (Å²) in [6, 6.07) is 9.21. The van der Waals surface area contributed by atoms with Gasteiger partial charge in [0.1, 0.15) is 13.7 Å². The number of hydrogen-bond donors (Lipinski definition) is 0. The zero-order valence-electron chi connectivity index (χ0n) is 12.3. The first-order valence-corrected chi connectivity index (χ1v) is 8.24. The third kappa shape index (κ3) is 8.44. The fourth-order valence-corrected chi connectivity index (χ4v) is 2.80. The molecule has 118 valence electrons. The second kappa shape index (κ2) is 9.49. The van der Waals surface area contributed by atoms with Gasteiger partial charge < -0.3 is 4.84 Å². The minimum Gasteiger partial charge on any atom is -0.399 e. The van der Waals surface area contributed by atoms with E-state index in [2.05, 4.69) is 14.3 Å². The highest BCUT2D eigenvalue weighted by Gasteiger charge is 2.17. The van der Waals surface area contributed by atoms with E-state index in [9.17, 15) is 8.42 Å². The van der Waals surface area contributed by atoms with E-state index in [-0.39, 0.29) is 18.3 Å². The van der Waals surface area contributed by atoms with E-state index in [1.54, 1.807) is 6.21 Å². The summed E-state index contributed by atoms with van der Waals surface area (Å²) in [6.45, 7) is 1.92. The van der Waals surface area contributed by atoms with Crippen molar-refractivity contribution in [1.29, 1.82) is 0 Å². The second-order valence-electron chi connectivity index (χ2n) is 4.69. The maximum atomic E-state index is 11.7. The minimum absolute atomic E-state index is 0.0568. The summed E-state index contributed by atoms with van der Waals surface area (Å²) in [7, 11) is -2.23. The van der Waals surface area contributed by atoms with Crippen LogP contribution in [0.3, 0.4) is 0 Å². The maximum absolute atomic E-state index is 11.7. The summed E-state index contributed by atoms with van der Waals surface area (Å²) in [5.74, 6) is -0.151. The molecule has 0 N–H and O–H groups in total. The molecule has 0 bridgehead atoms. The van der Waals surface area contributed by atoms with E-state index < -0.39 is 10.1 Å². The Morgan fingerprint density at radius 3 is 2.67 bits per heavy atom. The highest BCUT2D eigenvalue weighted by atomic mass is 32.2. The van der Waals surface area contributed by atoms with Gasteiger partial charge in [0.05, 0.1) is 5.75 Å². The van der Waals surface area contributed by atoms with Gasteiger partial charge in [0.25, 0.3) is 10.1 Å². The molecule has 1 atom stereocenters. The van der Waals surface area contributed by atoms with E-state index in [4.69, 9.17) is 4.89 Å². The van der Waals surface area contributed by atoms with Crippen LogP contribution in [-0.4, -0.2) is 27.5 Å². The number of benzene rings is 1. The first kappa shape index (κ1) is 17.6. The molecular weight excluding hydrogens is 294 g/mol. The lowest BCUT2D eigenvalue weighted by molar-refractivity contribution is -0.212. The van der Waals surface area contributed by atoms with Crippen LogP contribution in [0.1, 0.15) is 25.3 Å². The lowest BCUT2D eigenvalue weighted by atomic mass is 10.1. The monoisotopic (exact) mass is 315 g/mol. The van der Waals surface area contributed by atoms with Crippen molar-refractivity contribution in [1.82, 2.24) is 0 Å². The van der Waals surface area contributed by atoms with Crippen molar-refractivity contribution in [2.45, 2.75) is 26.4 Å². The molecule has 1 aromatic carbocycles. The summed E-state index contributed by atoms with van der Waals surface area (Å²) in [5, 5.41) is 3.59. The Labute approximate surface area is 125 Å². The van der Waals surface area contributed by atoms with Crippen LogP contribution >= 0.6 is 0 Å². The molecule has 0 amide bonds. The molecule has 21 heavy (non-hydrogen) atoms. The topological polar surface area (TPSA) is 74.2 Å². The Morgan fingerprint density at radius 1 is 1.29 bits per heavy atom. The van der Waals surface area contributed by atoms with E-state index in [1.807, 2.05) is 37.3 Å². The van der Waals surface area contributed by atoms with Crippen molar-refractivity contribution in [3.05, 3.63) is 35.9 Å². The van der Waals surface area contributed by atoms with Gasteiger partial charge in [0.15, 0.2) is 0 Å². The van der Waals surface area contributed by atoms with E-state index in [0.29, 0.717) is 12.8 Å². The average molecular weight is 315 g/mol. The smallest absolute Gasteiger partial charge is 0.293 e. The first-order valence-electron chi connectivity index (χ1n) is 6.66. The standard InChI is InChI=1S/C14H21NO5S/c1-13(7-6-10-15-18-2)12-21(16,17)20-19-11-14-8-4-3-5-9-14/h3-5,8-10,13H,6-7,11-12H2,1-2H3. The van der Waals surface area contributed by atoms with Crippen LogP contribution in [0.5, 0.6) is 0 Å². The molecule has 6 nitrogen and oxygen atoms in total. The molecule has 0 heterocycles. The van der Waals surface area contributed by atoms with E-state index in [0.717, 1.165) is 5.56 Å². The average Bonchev–Trinajstić information content (AvgIpc) is 2.44. The molecular formula is C14H21NO5S. The van der Waals surface area contributed by atoms with Gasteiger partial charge in [-0.3, -0.25) is 0 Å². The van der Waals surface area contributed by atoms with Crippen LogP contribution in [0.25, 0.3) is 0 Å². The number of oxime groups is 1. The summed E-state index contributed by atoms with van der Waals surface area (Å²) in [5.41, 5.74) is 0.844. The molecule has 7 heteroatoms. The highest BCUT2D eigenvalue weighted by molar-refractivity contribution is 7.86. The van der Waals surface area contributed by atoms with Crippen LogP contribution in [-0.2, 0) is 30.8 Å². The van der Waals surface area contributed by atoms with Gasteiger partial charge in [-0.25, -0.2) is 4.89 Å². The van der Waals surface area contributed by atoms with Crippen LogP contribution in [0.2, 0.25) is 0 Å².